The summed E-state index contributed by atoms with van der Waals surface area (Å²) in [6.07, 6.45) is 0. The van der Waals surface area contributed by atoms with E-state index in [9.17, 15) is 24.3 Å². The first-order valence-electron chi connectivity index (χ1n) is 9.55. The van der Waals surface area contributed by atoms with Crippen LogP contribution in [0.25, 0.3) is 0 Å². The molecular formula is C17H17N8NaO6S3. The molecule has 2 aromatic heterocycles. The number of carboxylic acid groups (broad SMARTS) is 1. The zero-order chi connectivity index (χ0) is 24.6. The number of nitrogen functional groups attached to an aromatic ring is 1. The van der Waals surface area contributed by atoms with Crippen LogP contribution in [-0.2, 0) is 29.4 Å². The van der Waals surface area contributed by atoms with Gasteiger partial charge in [-0.3, -0.25) is 14.4 Å². The molecule has 2 aliphatic rings. The minimum atomic E-state index is -1.61. The molecule has 2 unspecified atom stereocenters. The Hall–Kier alpha value is -2.31. The molecule has 14 nitrogen and oxygen atoms in total. The Morgan fingerprint density at radius 1 is 1.37 bits per heavy atom. The number of oxime groups is 1. The minimum absolute atomic E-state index is 0. The molecule has 2 saturated heterocycles. The van der Waals surface area contributed by atoms with Crippen molar-refractivity contribution in [3.8, 4) is 0 Å². The topological polar surface area (TPSA) is 205 Å². The molecule has 0 aromatic carbocycles. The van der Waals surface area contributed by atoms with Gasteiger partial charge in [0.1, 0.15) is 29.2 Å². The van der Waals surface area contributed by atoms with Gasteiger partial charge >= 0.3 is 29.6 Å². The van der Waals surface area contributed by atoms with Gasteiger partial charge in [-0.25, -0.2) is 4.98 Å². The Morgan fingerprint density at radius 2 is 2.11 bits per heavy atom. The zero-order valence-electron chi connectivity index (χ0n) is 18.6. The summed E-state index contributed by atoms with van der Waals surface area (Å²) in [4.78, 5) is 59.1. The maximum absolute atomic E-state index is 12.8. The number of rotatable bonds is 7. The summed E-state index contributed by atoms with van der Waals surface area (Å²) in [5, 5.41) is 30.1. The van der Waals surface area contributed by atoms with Crippen LogP contribution in [0.15, 0.2) is 10.5 Å². The van der Waals surface area contributed by atoms with Crippen LogP contribution in [-0.4, -0.2) is 80.3 Å². The summed E-state index contributed by atoms with van der Waals surface area (Å²) in [6.45, 7) is 1.07. The van der Waals surface area contributed by atoms with Crippen LogP contribution in [0, 0.1) is 0 Å². The standard InChI is InChI=1S/C17H18N8O6S3.Na/c1-6(26)19-16-23-22-13(34-16)17(14(29)30)4-25-11(28)9(12(25)33-5-17)21-10(27)8(24-31-2)7-3-32-15(18)20-7;/h3,9,12H,4-5H2,1-2H3,(H2,18,20)(H,21,27)(H,29,30)(H,19,23,26);/q;+1/p-1/t9?,12-,17?;/m1./s1. The van der Waals surface area contributed by atoms with Crippen molar-refractivity contribution in [2.75, 3.05) is 30.5 Å². The molecule has 0 aliphatic carbocycles. The summed E-state index contributed by atoms with van der Waals surface area (Å²) in [6, 6.07) is -0.903. The molecule has 0 bridgehead atoms. The number of anilines is 2. The van der Waals surface area contributed by atoms with Crippen LogP contribution in [0.4, 0.5) is 10.3 Å². The van der Waals surface area contributed by atoms with Gasteiger partial charge in [-0.1, -0.05) is 16.5 Å². The molecule has 4 N–H and O–H groups in total. The number of hydrogen-bond acceptors (Lipinski definition) is 14. The summed E-state index contributed by atoms with van der Waals surface area (Å²) in [5.74, 6) is -2.94. The van der Waals surface area contributed by atoms with Crippen LogP contribution in [0.2, 0.25) is 0 Å². The Balaban J connectivity index is 0.00000342. The maximum Gasteiger partial charge on any atom is 1.00 e. The van der Waals surface area contributed by atoms with E-state index in [2.05, 4.69) is 31.0 Å². The number of nitrogens with one attached hydrogen (secondary N) is 2. The number of carbonyl (C=O) groups is 4. The second kappa shape index (κ2) is 10.8. The molecule has 18 heteroatoms. The predicted molar refractivity (Wildman–Crippen MR) is 121 cm³/mol. The van der Waals surface area contributed by atoms with Crippen molar-refractivity contribution in [3.05, 3.63) is 16.1 Å². The van der Waals surface area contributed by atoms with E-state index < -0.39 is 34.6 Å². The van der Waals surface area contributed by atoms with Gasteiger partial charge in [0.2, 0.25) is 16.9 Å². The average molecular weight is 549 g/mol. The number of β-lactam (4-membered cyclic amide) rings is 1. The molecular weight excluding hydrogens is 531 g/mol. The second-order valence-electron chi connectivity index (χ2n) is 7.28. The fourth-order valence-corrected chi connectivity index (χ4v) is 6.57. The van der Waals surface area contributed by atoms with Crippen molar-refractivity contribution in [1.29, 1.82) is 0 Å². The van der Waals surface area contributed by atoms with Crippen molar-refractivity contribution < 1.29 is 58.7 Å². The molecule has 3 amide bonds. The smallest absolute Gasteiger partial charge is 0.549 e. The SMILES string of the molecule is CON=C(C(=O)NC1C(=O)N2CC(C(=O)[O-])(c3nnc(NC(C)=O)s3)CS[C@H]12)c1csc(N)n1.[Na+]. The van der Waals surface area contributed by atoms with E-state index in [1.807, 2.05) is 0 Å². The number of nitrogens with zero attached hydrogens (tertiary/aromatic N) is 5. The molecule has 0 saturated carbocycles. The maximum atomic E-state index is 12.8. The van der Waals surface area contributed by atoms with Crippen LogP contribution in [0.5, 0.6) is 0 Å². The molecule has 0 spiro atoms. The molecule has 2 aliphatic heterocycles. The Labute approximate surface area is 232 Å². The van der Waals surface area contributed by atoms with Gasteiger partial charge in [-0.15, -0.1) is 33.3 Å². The molecule has 35 heavy (non-hydrogen) atoms. The Kier molecular flexibility index (Phi) is 8.38. The van der Waals surface area contributed by atoms with Gasteiger partial charge in [-0.2, -0.15) is 0 Å². The number of fused-ring (bicyclic) bond motifs is 1. The van der Waals surface area contributed by atoms with E-state index in [4.69, 9.17) is 10.6 Å². The third kappa shape index (κ3) is 5.14. The predicted octanol–water partition coefficient (Wildman–Crippen LogP) is -5.02. The van der Waals surface area contributed by atoms with E-state index in [1.165, 1.54) is 24.3 Å². The van der Waals surface area contributed by atoms with Gasteiger partial charge in [-0.05, 0) is 0 Å². The summed E-state index contributed by atoms with van der Waals surface area (Å²) < 4.78 is 0. The number of aliphatic carboxylic acids is 1. The van der Waals surface area contributed by atoms with Gasteiger partial charge in [0.05, 0.1) is 11.4 Å². The van der Waals surface area contributed by atoms with Gasteiger partial charge in [0.25, 0.3) is 5.91 Å². The van der Waals surface area contributed by atoms with E-state index >= 15 is 0 Å². The number of hydrogen-bond donors (Lipinski definition) is 3. The van der Waals surface area contributed by atoms with Crippen molar-refractivity contribution in [2.45, 2.75) is 23.8 Å². The van der Waals surface area contributed by atoms with Crippen LogP contribution >= 0.6 is 34.4 Å². The van der Waals surface area contributed by atoms with Crippen molar-refractivity contribution in [2.24, 2.45) is 5.16 Å². The molecule has 0 radical (unpaired) electrons. The first-order valence-corrected chi connectivity index (χ1v) is 12.3. The molecule has 180 valence electrons. The molecule has 2 aromatic rings. The summed E-state index contributed by atoms with van der Waals surface area (Å²) in [5.41, 5.74) is 4.06. The van der Waals surface area contributed by atoms with Crippen LogP contribution < -0.4 is 51.0 Å². The van der Waals surface area contributed by atoms with E-state index in [0.29, 0.717) is 0 Å². The third-order valence-electron chi connectivity index (χ3n) is 5.04. The van der Waals surface area contributed by atoms with Gasteiger partial charge < -0.3 is 36.0 Å². The van der Waals surface area contributed by atoms with Gasteiger partial charge in [0, 0.05) is 24.6 Å². The van der Waals surface area contributed by atoms with E-state index in [-0.39, 0.29) is 74.4 Å². The summed E-state index contributed by atoms with van der Waals surface area (Å²) in [7, 11) is 1.26. The number of nitrogens with two attached hydrogens (primary N) is 1. The van der Waals surface area contributed by atoms with Crippen molar-refractivity contribution >= 4 is 74.1 Å². The second-order valence-corrected chi connectivity index (χ2v) is 10.2. The number of amides is 3. The zero-order valence-corrected chi connectivity index (χ0v) is 23.1. The van der Waals surface area contributed by atoms with Crippen LogP contribution in [0.1, 0.15) is 17.6 Å². The van der Waals surface area contributed by atoms with E-state index in [1.54, 1.807) is 0 Å². The Morgan fingerprint density at radius 3 is 2.71 bits per heavy atom. The quantitative estimate of drug-likeness (QED) is 0.129. The van der Waals surface area contributed by atoms with Crippen LogP contribution in [0.3, 0.4) is 0 Å². The van der Waals surface area contributed by atoms with E-state index in [0.717, 1.165) is 34.4 Å². The molecule has 3 atom stereocenters. The van der Waals surface area contributed by atoms with Crippen molar-refractivity contribution in [3.63, 3.8) is 0 Å². The first-order chi connectivity index (χ1) is 16.2. The normalized spacial score (nSPS) is 23.4. The fourth-order valence-electron chi connectivity index (χ4n) is 3.43. The number of aromatic nitrogens is 3. The fraction of sp³-hybridized carbons (Fsp3) is 0.412. The Bertz CT molecular complexity index is 1200. The minimum Gasteiger partial charge on any atom is -0.549 e. The molecule has 2 fully saturated rings. The third-order valence-corrected chi connectivity index (χ3v) is 8.28. The van der Waals surface area contributed by atoms with Crippen molar-refractivity contribution in [1.82, 2.24) is 25.4 Å². The molecule has 4 heterocycles. The average Bonchev–Trinajstić information content (AvgIpc) is 3.43. The molecule has 4 rings (SSSR count). The summed E-state index contributed by atoms with van der Waals surface area (Å²) >= 11 is 3.18. The number of carbonyl (C=O) groups excluding carboxylic acids is 4. The first kappa shape index (κ1) is 27.3. The number of thioether (sulfide) groups is 1. The number of thiazole rings is 1. The number of carboxylic acids is 1. The largest absolute Gasteiger partial charge is 1.00 e. The monoisotopic (exact) mass is 548 g/mol. The van der Waals surface area contributed by atoms with Gasteiger partial charge in [0.15, 0.2) is 10.8 Å².